The summed E-state index contributed by atoms with van der Waals surface area (Å²) in [5.74, 6) is -0.851. The number of Topliss-reactive ketones (excluding diaryl/α,β-unsaturated/α-hetero) is 1. The number of carbonyl (C=O) groups is 2. The maximum atomic E-state index is 11.2. The molecule has 1 atom stereocenters. The summed E-state index contributed by atoms with van der Waals surface area (Å²) in [6.07, 6.45) is 20.0. The van der Waals surface area contributed by atoms with Gasteiger partial charge in [-0.2, -0.15) is 0 Å². The summed E-state index contributed by atoms with van der Waals surface area (Å²) in [6, 6.07) is 0.110. The smallest absolute Gasteiger partial charge is 0.287 e. The van der Waals surface area contributed by atoms with Gasteiger partial charge in [0.25, 0.3) is 5.91 Å². The minimum Gasteiger partial charge on any atom is -0.347 e. The normalized spacial score (nSPS) is 12.1. The second-order valence-corrected chi connectivity index (χ2v) is 7.32. The molecular weight excluding hydrogens is 298 g/mol. The third-order valence-corrected chi connectivity index (χ3v) is 4.69. The van der Waals surface area contributed by atoms with Gasteiger partial charge < -0.3 is 5.32 Å². The molecule has 0 radical (unpaired) electrons. The first-order valence-electron chi connectivity index (χ1n) is 10.4. The summed E-state index contributed by atoms with van der Waals surface area (Å²) in [4.78, 5) is 22.1. The molecule has 0 aromatic rings. The van der Waals surface area contributed by atoms with Gasteiger partial charge in [-0.25, -0.2) is 0 Å². The van der Waals surface area contributed by atoms with Crippen LogP contribution < -0.4 is 5.32 Å². The quantitative estimate of drug-likeness (QED) is 0.263. The van der Waals surface area contributed by atoms with Crippen molar-refractivity contribution in [2.45, 2.75) is 123 Å². The summed E-state index contributed by atoms with van der Waals surface area (Å²) in [7, 11) is 0. The van der Waals surface area contributed by atoms with Crippen LogP contribution in [0.4, 0.5) is 0 Å². The number of unbranched alkanes of at least 4 members (excludes halogenated alkanes) is 13. The van der Waals surface area contributed by atoms with Crippen LogP contribution in [-0.4, -0.2) is 17.7 Å². The van der Waals surface area contributed by atoms with Crippen LogP contribution in [0.5, 0.6) is 0 Å². The Labute approximate surface area is 150 Å². The topological polar surface area (TPSA) is 46.2 Å². The average Bonchev–Trinajstić information content (AvgIpc) is 2.55. The molecule has 0 spiro atoms. The number of ketones is 1. The van der Waals surface area contributed by atoms with Crippen LogP contribution in [0.2, 0.25) is 0 Å². The highest BCUT2D eigenvalue weighted by atomic mass is 16.2. The van der Waals surface area contributed by atoms with E-state index in [2.05, 4.69) is 12.2 Å². The number of hydrogen-bond acceptors (Lipinski definition) is 2. The fourth-order valence-electron chi connectivity index (χ4n) is 3.04. The molecular formula is C21H41NO2. The van der Waals surface area contributed by atoms with Crippen LogP contribution in [0.25, 0.3) is 0 Å². The molecule has 24 heavy (non-hydrogen) atoms. The molecule has 0 saturated heterocycles. The van der Waals surface area contributed by atoms with E-state index >= 15 is 0 Å². The lowest BCUT2D eigenvalue weighted by molar-refractivity contribution is -0.137. The number of rotatable bonds is 17. The second kappa shape index (κ2) is 17.0. The monoisotopic (exact) mass is 339 g/mol. The van der Waals surface area contributed by atoms with Crippen molar-refractivity contribution in [3.63, 3.8) is 0 Å². The summed E-state index contributed by atoms with van der Waals surface area (Å²) in [5.41, 5.74) is 0. The highest BCUT2D eigenvalue weighted by molar-refractivity contribution is 6.35. The Hall–Kier alpha value is -0.860. The van der Waals surface area contributed by atoms with Crippen LogP contribution in [0.1, 0.15) is 117 Å². The van der Waals surface area contributed by atoms with Gasteiger partial charge in [0.05, 0.1) is 0 Å². The van der Waals surface area contributed by atoms with Gasteiger partial charge in [-0.05, 0) is 13.3 Å². The van der Waals surface area contributed by atoms with E-state index in [1.807, 2.05) is 6.92 Å². The predicted molar refractivity (Wildman–Crippen MR) is 103 cm³/mol. The lowest BCUT2D eigenvalue weighted by atomic mass is 10.0. The molecule has 0 heterocycles. The van der Waals surface area contributed by atoms with E-state index in [-0.39, 0.29) is 6.04 Å². The largest absolute Gasteiger partial charge is 0.347 e. The van der Waals surface area contributed by atoms with Gasteiger partial charge in [-0.3, -0.25) is 9.59 Å². The second-order valence-electron chi connectivity index (χ2n) is 7.32. The van der Waals surface area contributed by atoms with E-state index in [1.165, 1.54) is 90.4 Å². The van der Waals surface area contributed by atoms with E-state index < -0.39 is 11.7 Å². The van der Waals surface area contributed by atoms with Gasteiger partial charge in [-0.1, -0.05) is 96.8 Å². The molecule has 0 bridgehead atoms. The molecule has 0 rings (SSSR count). The van der Waals surface area contributed by atoms with Gasteiger partial charge in [0, 0.05) is 13.0 Å². The van der Waals surface area contributed by atoms with Crippen LogP contribution in [-0.2, 0) is 9.59 Å². The van der Waals surface area contributed by atoms with Gasteiger partial charge in [0.2, 0.25) is 5.78 Å². The van der Waals surface area contributed by atoms with Crippen molar-refractivity contribution in [2.24, 2.45) is 0 Å². The van der Waals surface area contributed by atoms with E-state index in [9.17, 15) is 9.59 Å². The van der Waals surface area contributed by atoms with Crippen LogP contribution in [0, 0.1) is 0 Å². The van der Waals surface area contributed by atoms with Crippen molar-refractivity contribution in [1.82, 2.24) is 5.32 Å². The molecule has 3 heteroatoms. The lowest BCUT2D eigenvalue weighted by Gasteiger charge is -2.12. The molecule has 0 aromatic carbocycles. The van der Waals surface area contributed by atoms with Crippen molar-refractivity contribution in [1.29, 1.82) is 0 Å². The SMILES string of the molecule is CCCCCCCCCCCCCCCCC(C)NC(=O)C(C)=O. The Morgan fingerprint density at radius 1 is 0.708 bits per heavy atom. The molecule has 142 valence electrons. The van der Waals surface area contributed by atoms with Crippen LogP contribution in [0.3, 0.4) is 0 Å². The molecule has 3 nitrogen and oxygen atoms in total. The highest BCUT2D eigenvalue weighted by Crippen LogP contribution is 2.13. The lowest BCUT2D eigenvalue weighted by Crippen LogP contribution is -2.36. The van der Waals surface area contributed by atoms with Crippen molar-refractivity contribution in [2.75, 3.05) is 0 Å². The van der Waals surface area contributed by atoms with E-state index in [0.717, 1.165) is 12.8 Å². The van der Waals surface area contributed by atoms with Crippen LogP contribution >= 0.6 is 0 Å². The molecule has 0 saturated carbocycles. The fourth-order valence-corrected chi connectivity index (χ4v) is 3.04. The Kier molecular flexibility index (Phi) is 16.4. The van der Waals surface area contributed by atoms with E-state index in [4.69, 9.17) is 0 Å². The Bertz CT molecular complexity index is 315. The van der Waals surface area contributed by atoms with Gasteiger partial charge in [-0.15, -0.1) is 0 Å². The van der Waals surface area contributed by atoms with Gasteiger partial charge in [0.1, 0.15) is 0 Å². The minimum absolute atomic E-state index is 0.110. The van der Waals surface area contributed by atoms with E-state index in [1.54, 1.807) is 0 Å². The fraction of sp³-hybridized carbons (Fsp3) is 0.905. The molecule has 0 aliphatic rings. The Balaban J connectivity index is 3.20. The first-order chi connectivity index (χ1) is 11.6. The zero-order valence-corrected chi connectivity index (χ0v) is 16.5. The summed E-state index contributed by atoms with van der Waals surface area (Å²) < 4.78 is 0. The summed E-state index contributed by atoms with van der Waals surface area (Å²) >= 11 is 0. The van der Waals surface area contributed by atoms with Gasteiger partial charge in [0.15, 0.2) is 0 Å². The predicted octanol–water partition coefficient (Wildman–Crippen LogP) is 5.95. The first kappa shape index (κ1) is 23.1. The Morgan fingerprint density at radius 3 is 1.46 bits per heavy atom. The number of carbonyl (C=O) groups excluding carboxylic acids is 2. The summed E-state index contributed by atoms with van der Waals surface area (Å²) in [6.45, 7) is 5.56. The maximum absolute atomic E-state index is 11.2. The molecule has 0 fully saturated rings. The molecule has 0 aliphatic heterocycles. The third kappa shape index (κ3) is 16.0. The number of nitrogens with one attached hydrogen (secondary N) is 1. The van der Waals surface area contributed by atoms with Crippen molar-refractivity contribution < 1.29 is 9.59 Å². The molecule has 0 aliphatic carbocycles. The molecule has 0 aromatic heterocycles. The minimum atomic E-state index is -0.451. The molecule has 1 N–H and O–H groups in total. The highest BCUT2D eigenvalue weighted by Gasteiger charge is 2.10. The number of amides is 1. The summed E-state index contributed by atoms with van der Waals surface area (Å²) in [5, 5.41) is 2.74. The molecule has 1 unspecified atom stereocenters. The first-order valence-corrected chi connectivity index (χ1v) is 10.4. The van der Waals surface area contributed by atoms with Crippen LogP contribution in [0.15, 0.2) is 0 Å². The Morgan fingerprint density at radius 2 is 1.08 bits per heavy atom. The van der Waals surface area contributed by atoms with Crippen molar-refractivity contribution >= 4 is 11.7 Å². The van der Waals surface area contributed by atoms with Gasteiger partial charge >= 0.3 is 0 Å². The third-order valence-electron chi connectivity index (χ3n) is 4.69. The van der Waals surface area contributed by atoms with Crippen molar-refractivity contribution in [3.8, 4) is 0 Å². The zero-order chi connectivity index (χ0) is 18.0. The number of hydrogen-bond donors (Lipinski definition) is 1. The van der Waals surface area contributed by atoms with Crippen molar-refractivity contribution in [3.05, 3.63) is 0 Å². The zero-order valence-electron chi connectivity index (χ0n) is 16.5. The standard InChI is InChI=1S/C21H41NO2/c1-4-5-6-7-8-9-10-11-12-13-14-15-16-17-18-19(2)22-21(24)20(3)23/h19H,4-18H2,1-3H3,(H,22,24). The molecule has 1 amide bonds. The average molecular weight is 340 g/mol. The van der Waals surface area contributed by atoms with E-state index in [0.29, 0.717) is 0 Å². The maximum Gasteiger partial charge on any atom is 0.287 e.